The van der Waals surface area contributed by atoms with E-state index in [2.05, 4.69) is 11.8 Å². The molecule has 1 aliphatic carbocycles. The van der Waals surface area contributed by atoms with E-state index in [9.17, 15) is 9.59 Å². The van der Waals surface area contributed by atoms with Gasteiger partial charge in [0.15, 0.2) is 5.69 Å². The largest absolute Gasteiger partial charge is 0.339 e. The lowest BCUT2D eigenvalue weighted by Crippen LogP contribution is -2.53. The zero-order valence-electron chi connectivity index (χ0n) is 19.0. The van der Waals surface area contributed by atoms with Gasteiger partial charge in [0, 0.05) is 50.0 Å². The smallest absolute Gasteiger partial charge is 0.274 e. The number of para-hydroxylation sites is 1. The number of piperazine rings is 1. The van der Waals surface area contributed by atoms with Crippen LogP contribution >= 0.6 is 0 Å². The quantitative estimate of drug-likeness (QED) is 0.741. The molecular weight excluding hydrogens is 402 g/mol. The van der Waals surface area contributed by atoms with E-state index in [0.717, 1.165) is 63.0 Å². The van der Waals surface area contributed by atoms with Gasteiger partial charge in [0.25, 0.3) is 5.91 Å². The van der Waals surface area contributed by atoms with E-state index in [1.165, 1.54) is 12.1 Å². The summed E-state index contributed by atoms with van der Waals surface area (Å²) in [6.07, 6.45) is 6.40. The zero-order valence-corrected chi connectivity index (χ0v) is 19.0. The van der Waals surface area contributed by atoms with E-state index in [4.69, 9.17) is 5.10 Å². The number of carbonyl (C=O) groups is 2. The van der Waals surface area contributed by atoms with Crippen molar-refractivity contribution >= 4 is 11.8 Å². The van der Waals surface area contributed by atoms with Crippen molar-refractivity contribution in [2.24, 2.45) is 0 Å². The van der Waals surface area contributed by atoms with Crippen LogP contribution in [0, 0.1) is 0 Å². The lowest BCUT2D eigenvalue weighted by Gasteiger charge is -2.38. The first-order valence-corrected chi connectivity index (χ1v) is 12.1. The topological polar surface area (TPSA) is 61.7 Å². The highest BCUT2D eigenvalue weighted by Crippen LogP contribution is 2.28. The summed E-state index contributed by atoms with van der Waals surface area (Å²) < 4.78 is 1.96. The summed E-state index contributed by atoms with van der Waals surface area (Å²) in [6, 6.07) is 10.4. The number of aromatic nitrogens is 2. The van der Waals surface area contributed by atoms with Crippen LogP contribution in [0.5, 0.6) is 0 Å². The third-order valence-electron chi connectivity index (χ3n) is 7.28. The predicted molar refractivity (Wildman–Crippen MR) is 123 cm³/mol. The SMILES string of the molecule is CC1CCCCN1C(=O)CN1CCN(C(=O)c2nn(-c3ccccc3)c3c2CCC3)CC1. The van der Waals surface area contributed by atoms with Crippen LogP contribution in [-0.4, -0.2) is 81.6 Å². The molecule has 2 saturated heterocycles. The third-order valence-corrected chi connectivity index (χ3v) is 7.28. The number of hydrogen-bond acceptors (Lipinski definition) is 4. The third kappa shape index (κ3) is 4.06. The van der Waals surface area contributed by atoms with Gasteiger partial charge < -0.3 is 9.80 Å². The minimum Gasteiger partial charge on any atom is -0.339 e. The molecule has 1 unspecified atom stereocenters. The number of amides is 2. The van der Waals surface area contributed by atoms with Gasteiger partial charge in [0.1, 0.15) is 0 Å². The molecule has 2 aromatic rings. The van der Waals surface area contributed by atoms with Crippen LogP contribution < -0.4 is 0 Å². The van der Waals surface area contributed by atoms with E-state index in [1.807, 2.05) is 44.8 Å². The van der Waals surface area contributed by atoms with E-state index in [0.29, 0.717) is 31.4 Å². The van der Waals surface area contributed by atoms with Crippen molar-refractivity contribution in [3.05, 3.63) is 47.3 Å². The highest BCUT2D eigenvalue weighted by Gasteiger charge is 2.32. The standard InChI is InChI=1S/C25H33N5O2/c1-19-8-5-6-13-29(19)23(31)18-27-14-16-28(17-15-27)25(32)24-21-11-7-12-22(21)30(26-24)20-9-3-2-4-10-20/h2-4,9-10,19H,5-8,11-18H2,1H3. The predicted octanol–water partition coefficient (Wildman–Crippen LogP) is 2.52. The summed E-state index contributed by atoms with van der Waals surface area (Å²) >= 11 is 0. The summed E-state index contributed by atoms with van der Waals surface area (Å²) in [4.78, 5) is 32.3. The Balaban J connectivity index is 1.23. The van der Waals surface area contributed by atoms with Gasteiger partial charge in [-0.25, -0.2) is 4.68 Å². The Morgan fingerprint density at radius 1 is 0.969 bits per heavy atom. The van der Waals surface area contributed by atoms with Crippen LogP contribution in [0.2, 0.25) is 0 Å². The van der Waals surface area contributed by atoms with Crippen LogP contribution in [0.4, 0.5) is 0 Å². The number of likely N-dealkylation sites (tertiary alicyclic amines) is 1. The Bertz CT molecular complexity index is 978. The maximum Gasteiger partial charge on any atom is 0.274 e. The Labute approximate surface area is 190 Å². The van der Waals surface area contributed by atoms with Gasteiger partial charge in [-0.1, -0.05) is 18.2 Å². The second-order valence-electron chi connectivity index (χ2n) is 9.38. The summed E-state index contributed by atoms with van der Waals surface area (Å²) in [6.45, 7) is 6.27. The van der Waals surface area contributed by atoms with Gasteiger partial charge in [0.2, 0.25) is 5.91 Å². The Hall–Kier alpha value is -2.67. The van der Waals surface area contributed by atoms with Crippen molar-refractivity contribution < 1.29 is 9.59 Å². The molecule has 7 heteroatoms. The molecule has 2 fully saturated rings. The summed E-state index contributed by atoms with van der Waals surface area (Å²) in [5.74, 6) is 0.268. The van der Waals surface area contributed by atoms with Gasteiger partial charge in [0.05, 0.1) is 12.2 Å². The normalized spacial score (nSPS) is 21.6. The molecule has 7 nitrogen and oxygen atoms in total. The molecule has 170 valence electrons. The average Bonchev–Trinajstić information content (AvgIpc) is 3.43. The number of hydrogen-bond donors (Lipinski definition) is 0. The van der Waals surface area contributed by atoms with E-state index >= 15 is 0 Å². The van der Waals surface area contributed by atoms with Crippen LogP contribution in [0.15, 0.2) is 30.3 Å². The fraction of sp³-hybridized carbons (Fsp3) is 0.560. The van der Waals surface area contributed by atoms with Gasteiger partial charge in [-0.2, -0.15) is 5.10 Å². The molecule has 0 bridgehead atoms. The second kappa shape index (κ2) is 9.06. The summed E-state index contributed by atoms with van der Waals surface area (Å²) in [5.41, 5.74) is 3.93. The first-order chi connectivity index (χ1) is 15.6. The maximum atomic E-state index is 13.4. The van der Waals surface area contributed by atoms with E-state index in [1.54, 1.807) is 0 Å². The fourth-order valence-electron chi connectivity index (χ4n) is 5.40. The fourth-order valence-corrected chi connectivity index (χ4v) is 5.40. The molecule has 1 atom stereocenters. The second-order valence-corrected chi connectivity index (χ2v) is 9.38. The van der Waals surface area contributed by atoms with Crippen LogP contribution in [0.1, 0.15) is 54.4 Å². The number of piperidine rings is 1. The molecule has 0 N–H and O–H groups in total. The van der Waals surface area contributed by atoms with Crippen molar-refractivity contribution in [3.8, 4) is 5.69 Å². The number of fused-ring (bicyclic) bond motifs is 1. The van der Waals surface area contributed by atoms with Crippen molar-refractivity contribution in [1.82, 2.24) is 24.5 Å². The van der Waals surface area contributed by atoms with Crippen molar-refractivity contribution in [2.45, 2.75) is 51.5 Å². The summed E-state index contributed by atoms with van der Waals surface area (Å²) in [7, 11) is 0. The molecule has 3 heterocycles. The van der Waals surface area contributed by atoms with Crippen LogP contribution in [0.3, 0.4) is 0 Å². The van der Waals surface area contributed by atoms with Crippen molar-refractivity contribution in [3.63, 3.8) is 0 Å². The van der Waals surface area contributed by atoms with Gasteiger partial charge >= 0.3 is 0 Å². The van der Waals surface area contributed by atoms with Gasteiger partial charge in [-0.15, -0.1) is 0 Å². The van der Waals surface area contributed by atoms with Gasteiger partial charge in [-0.05, 0) is 57.6 Å². The first kappa shape index (κ1) is 21.2. The van der Waals surface area contributed by atoms with Gasteiger partial charge in [-0.3, -0.25) is 14.5 Å². The lowest BCUT2D eigenvalue weighted by atomic mass is 10.0. The number of nitrogens with zero attached hydrogens (tertiary/aromatic N) is 5. The molecule has 1 aromatic heterocycles. The molecular formula is C25H33N5O2. The molecule has 0 spiro atoms. The highest BCUT2D eigenvalue weighted by atomic mass is 16.2. The first-order valence-electron chi connectivity index (χ1n) is 12.1. The maximum absolute atomic E-state index is 13.4. The number of rotatable bonds is 4. The Morgan fingerprint density at radius 3 is 2.50 bits per heavy atom. The van der Waals surface area contributed by atoms with Crippen molar-refractivity contribution in [1.29, 1.82) is 0 Å². The molecule has 0 radical (unpaired) electrons. The molecule has 2 amide bonds. The van der Waals surface area contributed by atoms with Crippen LogP contribution in [-0.2, 0) is 17.6 Å². The zero-order chi connectivity index (χ0) is 22.1. The molecule has 1 aromatic carbocycles. The van der Waals surface area contributed by atoms with E-state index in [-0.39, 0.29) is 11.8 Å². The summed E-state index contributed by atoms with van der Waals surface area (Å²) in [5, 5.41) is 4.77. The molecule has 32 heavy (non-hydrogen) atoms. The average molecular weight is 436 g/mol. The molecule has 3 aliphatic rings. The number of benzene rings is 1. The van der Waals surface area contributed by atoms with Crippen molar-refractivity contribution in [2.75, 3.05) is 39.3 Å². The number of carbonyl (C=O) groups excluding carboxylic acids is 2. The monoisotopic (exact) mass is 435 g/mol. The minimum atomic E-state index is 0.0356. The molecule has 0 saturated carbocycles. The lowest BCUT2D eigenvalue weighted by molar-refractivity contribution is -0.136. The Morgan fingerprint density at radius 2 is 1.75 bits per heavy atom. The minimum absolute atomic E-state index is 0.0356. The van der Waals surface area contributed by atoms with Crippen LogP contribution in [0.25, 0.3) is 5.69 Å². The Kier molecular flexibility index (Phi) is 6.00. The molecule has 2 aliphatic heterocycles. The highest BCUT2D eigenvalue weighted by molar-refractivity contribution is 5.94. The molecule has 5 rings (SSSR count). The van der Waals surface area contributed by atoms with E-state index < -0.39 is 0 Å².